The highest BCUT2D eigenvalue weighted by atomic mass is 16.5. The summed E-state index contributed by atoms with van der Waals surface area (Å²) in [6, 6.07) is 17.8. The van der Waals surface area contributed by atoms with E-state index in [2.05, 4.69) is 22.4 Å². The number of imidazole rings is 1. The Hall–Kier alpha value is -2.66. The molecule has 140 valence electrons. The summed E-state index contributed by atoms with van der Waals surface area (Å²) < 4.78 is 5.73. The number of carbonyl (C=O) groups excluding carboxylic acids is 1. The van der Waals surface area contributed by atoms with Gasteiger partial charge >= 0.3 is 0 Å². The van der Waals surface area contributed by atoms with Crippen LogP contribution in [0.2, 0.25) is 0 Å². The van der Waals surface area contributed by atoms with E-state index >= 15 is 0 Å². The molecule has 1 fully saturated rings. The summed E-state index contributed by atoms with van der Waals surface area (Å²) in [5.41, 5.74) is 3.02. The van der Waals surface area contributed by atoms with Gasteiger partial charge in [0.05, 0.1) is 23.7 Å². The molecule has 0 bridgehead atoms. The van der Waals surface area contributed by atoms with Gasteiger partial charge in [-0.15, -0.1) is 0 Å². The smallest absolute Gasteiger partial charge is 0.249 e. The molecule has 0 saturated heterocycles. The molecule has 2 atom stereocenters. The largest absolute Gasteiger partial charge is 0.368 e. The lowest BCUT2D eigenvalue weighted by Crippen LogP contribution is -2.38. The minimum atomic E-state index is -0.465. The number of amides is 1. The Balaban J connectivity index is 1.52. The van der Waals surface area contributed by atoms with Crippen molar-refractivity contribution in [3.63, 3.8) is 0 Å². The second-order valence-corrected chi connectivity index (χ2v) is 7.31. The van der Waals surface area contributed by atoms with Gasteiger partial charge in [-0.25, -0.2) is 4.98 Å². The normalized spacial score (nSPS) is 16.2. The van der Waals surface area contributed by atoms with Gasteiger partial charge in [-0.1, -0.05) is 42.5 Å². The fourth-order valence-electron chi connectivity index (χ4n) is 3.13. The summed E-state index contributed by atoms with van der Waals surface area (Å²) in [5.74, 6) is 1.30. The van der Waals surface area contributed by atoms with Crippen LogP contribution >= 0.6 is 0 Å². The molecule has 1 aliphatic rings. The predicted molar refractivity (Wildman–Crippen MR) is 105 cm³/mol. The third-order valence-corrected chi connectivity index (χ3v) is 4.98. The average Bonchev–Trinajstić information content (AvgIpc) is 3.42. The number of nitrogens with one attached hydrogen (secondary N) is 2. The van der Waals surface area contributed by atoms with Gasteiger partial charge < -0.3 is 15.0 Å². The molecule has 4 rings (SSSR count). The second kappa shape index (κ2) is 7.92. The second-order valence-electron chi connectivity index (χ2n) is 7.31. The summed E-state index contributed by atoms with van der Waals surface area (Å²) in [4.78, 5) is 20.7. The minimum absolute atomic E-state index is 0.1000. The van der Waals surface area contributed by atoms with E-state index in [-0.39, 0.29) is 11.9 Å². The van der Waals surface area contributed by atoms with E-state index in [9.17, 15) is 4.79 Å². The number of hydrogen-bond acceptors (Lipinski definition) is 3. The monoisotopic (exact) mass is 363 g/mol. The SMILES string of the molecule is CC(OCC1CC1)C(=O)N[C@@H](Cc1ccccc1)c1nc2ccccc2[nH]1. The number of carbonyl (C=O) groups is 1. The van der Waals surface area contributed by atoms with Crippen LogP contribution in [0.25, 0.3) is 11.0 Å². The Morgan fingerprint density at radius 3 is 2.67 bits per heavy atom. The molecule has 1 amide bonds. The minimum Gasteiger partial charge on any atom is -0.368 e. The molecule has 5 nitrogen and oxygen atoms in total. The number of ether oxygens (including phenoxy) is 1. The molecule has 0 spiro atoms. The van der Waals surface area contributed by atoms with E-state index in [0.29, 0.717) is 18.9 Å². The number of para-hydroxylation sites is 2. The van der Waals surface area contributed by atoms with E-state index in [4.69, 9.17) is 9.72 Å². The van der Waals surface area contributed by atoms with Crippen molar-refractivity contribution in [2.45, 2.75) is 38.3 Å². The highest BCUT2D eigenvalue weighted by Crippen LogP contribution is 2.29. The molecule has 27 heavy (non-hydrogen) atoms. The Labute approximate surface area is 159 Å². The maximum atomic E-state index is 12.7. The van der Waals surface area contributed by atoms with Crippen LogP contribution in [-0.2, 0) is 16.0 Å². The summed E-state index contributed by atoms with van der Waals surface area (Å²) in [6.07, 6.45) is 2.63. The predicted octanol–water partition coefficient (Wildman–Crippen LogP) is 3.78. The Morgan fingerprint density at radius 1 is 1.19 bits per heavy atom. The molecule has 0 aliphatic heterocycles. The van der Waals surface area contributed by atoms with Crippen LogP contribution in [0.1, 0.15) is 37.2 Å². The highest BCUT2D eigenvalue weighted by molar-refractivity contribution is 5.81. The fourth-order valence-corrected chi connectivity index (χ4v) is 3.13. The number of aromatic amines is 1. The molecule has 1 aliphatic carbocycles. The molecule has 1 aromatic heterocycles. The molecule has 1 saturated carbocycles. The molecular weight excluding hydrogens is 338 g/mol. The van der Waals surface area contributed by atoms with E-state index in [1.165, 1.54) is 12.8 Å². The number of nitrogens with zero attached hydrogens (tertiary/aromatic N) is 1. The maximum Gasteiger partial charge on any atom is 0.249 e. The molecule has 0 radical (unpaired) electrons. The maximum absolute atomic E-state index is 12.7. The van der Waals surface area contributed by atoms with E-state index in [1.54, 1.807) is 0 Å². The van der Waals surface area contributed by atoms with Crippen LogP contribution in [-0.4, -0.2) is 28.6 Å². The van der Waals surface area contributed by atoms with Crippen LogP contribution < -0.4 is 5.32 Å². The van der Waals surface area contributed by atoms with Gasteiger partial charge in [0.1, 0.15) is 11.9 Å². The number of benzene rings is 2. The Morgan fingerprint density at radius 2 is 1.93 bits per heavy atom. The Bertz CT molecular complexity index is 869. The van der Waals surface area contributed by atoms with Crippen LogP contribution in [0.5, 0.6) is 0 Å². The van der Waals surface area contributed by atoms with Crippen LogP contribution in [0, 0.1) is 5.92 Å². The lowest BCUT2D eigenvalue weighted by atomic mass is 10.1. The standard InChI is InChI=1S/C22H25N3O2/c1-15(27-14-17-11-12-17)22(26)25-20(13-16-7-3-2-4-8-16)21-23-18-9-5-6-10-19(18)24-21/h2-10,15,17,20H,11-14H2,1H3,(H,23,24)(H,25,26)/t15?,20-/m0/s1. The Kier molecular flexibility index (Phi) is 5.21. The van der Waals surface area contributed by atoms with Crippen LogP contribution in [0.15, 0.2) is 54.6 Å². The molecule has 3 aromatic rings. The van der Waals surface area contributed by atoms with E-state index < -0.39 is 6.10 Å². The lowest BCUT2D eigenvalue weighted by Gasteiger charge is -2.20. The van der Waals surface area contributed by atoms with Crippen LogP contribution in [0.3, 0.4) is 0 Å². The summed E-state index contributed by atoms with van der Waals surface area (Å²) >= 11 is 0. The number of aromatic nitrogens is 2. The topological polar surface area (TPSA) is 67.0 Å². The zero-order chi connectivity index (χ0) is 18.6. The van der Waals surface area contributed by atoms with Gasteiger partial charge in [0.25, 0.3) is 0 Å². The first kappa shape index (κ1) is 17.7. The summed E-state index contributed by atoms with van der Waals surface area (Å²) in [5, 5.41) is 3.13. The van der Waals surface area contributed by atoms with E-state index in [1.807, 2.05) is 49.4 Å². The van der Waals surface area contributed by atoms with Crippen LogP contribution in [0.4, 0.5) is 0 Å². The van der Waals surface area contributed by atoms with Crippen molar-refractivity contribution < 1.29 is 9.53 Å². The average molecular weight is 363 g/mol. The number of H-pyrrole nitrogens is 1. The van der Waals surface area contributed by atoms with Gasteiger partial charge in [-0.3, -0.25) is 4.79 Å². The number of hydrogen-bond donors (Lipinski definition) is 2. The lowest BCUT2D eigenvalue weighted by molar-refractivity contribution is -0.132. The van der Waals surface area contributed by atoms with E-state index in [0.717, 1.165) is 22.4 Å². The third kappa shape index (κ3) is 4.55. The van der Waals surface area contributed by atoms with Gasteiger partial charge in [0, 0.05) is 0 Å². The van der Waals surface area contributed by atoms with Crippen molar-refractivity contribution in [1.82, 2.24) is 15.3 Å². The zero-order valence-corrected chi connectivity index (χ0v) is 15.5. The van der Waals surface area contributed by atoms with Crippen molar-refractivity contribution in [1.29, 1.82) is 0 Å². The zero-order valence-electron chi connectivity index (χ0n) is 15.5. The third-order valence-electron chi connectivity index (χ3n) is 4.98. The number of rotatable bonds is 8. The van der Waals surface area contributed by atoms with Gasteiger partial charge in [0.15, 0.2) is 0 Å². The van der Waals surface area contributed by atoms with Gasteiger partial charge in [-0.2, -0.15) is 0 Å². The first-order valence-corrected chi connectivity index (χ1v) is 9.59. The van der Waals surface area contributed by atoms with Crippen molar-refractivity contribution in [2.75, 3.05) is 6.61 Å². The first-order chi connectivity index (χ1) is 13.2. The van der Waals surface area contributed by atoms with Gasteiger partial charge in [-0.05, 0) is 49.8 Å². The summed E-state index contributed by atoms with van der Waals surface area (Å²) in [6.45, 7) is 2.48. The molecule has 1 unspecified atom stereocenters. The molecule has 2 aromatic carbocycles. The molecular formula is C22H25N3O2. The van der Waals surface area contributed by atoms with Crippen molar-refractivity contribution in [3.8, 4) is 0 Å². The summed E-state index contributed by atoms with van der Waals surface area (Å²) in [7, 11) is 0. The van der Waals surface area contributed by atoms with Crippen molar-refractivity contribution in [3.05, 3.63) is 66.0 Å². The van der Waals surface area contributed by atoms with Crippen molar-refractivity contribution in [2.24, 2.45) is 5.92 Å². The molecule has 2 N–H and O–H groups in total. The highest BCUT2D eigenvalue weighted by Gasteiger charge is 2.26. The van der Waals surface area contributed by atoms with Crippen molar-refractivity contribution >= 4 is 16.9 Å². The molecule has 5 heteroatoms. The first-order valence-electron chi connectivity index (χ1n) is 9.59. The number of fused-ring (bicyclic) bond motifs is 1. The quantitative estimate of drug-likeness (QED) is 0.640. The fraction of sp³-hybridized carbons (Fsp3) is 0.364. The molecule has 1 heterocycles. The van der Waals surface area contributed by atoms with Gasteiger partial charge in [0.2, 0.25) is 5.91 Å².